The summed E-state index contributed by atoms with van der Waals surface area (Å²) in [5.74, 6) is 0.657. The second-order valence-corrected chi connectivity index (χ2v) is 7.49. The molecule has 0 radical (unpaired) electrons. The number of imidazole rings is 2. The summed E-state index contributed by atoms with van der Waals surface area (Å²) in [6.07, 6.45) is 0. The van der Waals surface area contributed by atoms with Gasteiger partial charge in [-0.25, -0.2) is 4.79 Å². The van der Waals surface area contributed by atoms with Gasteiger partial charge < -0.3 is 14.0 Å². The minimum Gasteiger partial charge on any atom is -0.383 e. The Morgan fingerprint density at radius 3 is 2.45 bits per heavy atom. The summed E-state index contributed by atoms with van der Waals surface area (Å²) in [4.78, 5) is 33.1. The van der Waals surface area contributed by atoms with Crippen LogP contribution in [0, 0.1) is 13.8 Å². The maximum atomic E-state index is 13.3. The highest BCUT2D eigenvalue weighted by Gasteiger charge is 2.22. The average Bonchev–Trinajstić information content (AvgIpc) is 3.22. The maximum absolute atomic E-state index is 13.3. The summed E-state index contributed by atoms with van der Waals surface area (Å²) >= 11 is 0. The van der Waals surface area contributed by atoms with Gasteiger partial charge in [-0.15, -0.1) is 0 Å². The summed E-state index contributed by atoms with van der Waals surface area (Å²) in [7, 11) is 3.32. The Hall–Kier alpha value is -2.43. The Morgan fingerprint density at radius 1 is 1.03 bits per heavy atom. The lowest BCUT2D eigenvalue weighted by Crippen LogP contribution is -2.44. The predicted molar refractivity (Wildman–Crippen MR) is 109 cm³/mol. The van der Waals surface area contributed by atoms with Crippen LogP contribution in [-0.4, -0.2) is 74.6 Å². The molecule has 3 aromatic rings. The highest BCUT2D eigenvalue weighted by atomic mass is 16.5. The van der Waals surface area contributed by atoms with Gasteiger partial charge in [0.05, 0.1) is 19.8 Å². The largest absolute Gasteiger partial charge is 0.383 e. The first-order chi connectivity index (χ1) is 14.0. The van der Waals surface area contributed by atoms with E-state index in [1.165, 1.54) is 9.13 Å². The second-order valence-electron chi connectivity index (χ2n) is 7.49. The van der Waals surface area contributed by atoms with Gasteiger partial charge in [0.25, 0.3) is 5.56 Å². The van der Waals surface area contributed by atoms with Crippen LogP contribution in [0.15, 0.2) is 9.59 Å². The SMILES string of the molecule is COCCn1c(C)c(C)n2c3c(=O)n(CCN4CCOCC4)c(=O)n(C)c3nc12. The van der Waals surface area contributed by atoms with Crippen LogP contribution in [0.5, 0.6) is 0 Å². The van der Waals surface area contributed by atoms with Crippen molar-refractivity contribution in [2.75, 3.05) is 46.6 Å². The molecule has 0 bridgehead atoms. The van der Waals surface area contributed by atoms with Gasteiger partial charge in [0.1, 0.15) is 0 Å². The van der Waals surface area contributed by atoms with E-state index in [-0.39, 0.29) is 11.2 Å². The number of hydrogen-bond donors (Lipinski definition) is 0. The summed E-state index contributed by atoms with van der Waals surface area (Å²) in [6.45, 7) is 9.11. The maximum Gasteiger partial charge on any atom is 0.332 e. The molecular formula is C19H28N6O4. The normalized spacial score (nSPS) is 15.7. The molecule has 3 aromatic heterocycles. The molecular weight excluding hydrogens is 376 g/mol. The molecule has 0 amide bonds. The molecule has 0 N–H and O–H groups in total. The third kappa shape index (κ3) is 3.21. The molecule has 1 fully saturated rings. The zero-order valence-corrected chi connectivity index (χ0v) is 17.5. The van der Waals surface area contributed by atoms with Crippen molar-refractivity contribution in [1.82, 2.24) is 28.0 Å². The molecule has 158 valence electrons. The van der Waals surface area contributed by atoms with E-state index >= 15 is 0 Å². The van der Waals surface area contributed by atoms with Gasteiger partial charge in [-0.2, -0.15) is 4.98 Å². The third-order valence-electron chi connectivity index (χ3n) is 5.89. The van der Waals surface area contributed by atoms with Gasteiger partial charge in [0.15, 0.2) is 11.2 Å². The molecule has 1 aliphatic heterocycles. The van der Waals surface area contributed by atoms with E-state index in [2.05, 4.69) is 9.88 Å². The van der Waals surface area contributed by atoms with E-state index < -0.39 is 0 Å². The van der Waals surface area contributed by atoms with Gasteiger partial charge in [0, 0.05) is 58.3 Å². The van der Waals surface area contributed by atoms with Crippen molar-refractivity contribution in [3.05, 3.63) is 32.2 Å². The molecule has 10 nitrogen and oxygen atoms in total. The van der Waals surface area contributed by atoms with Crippen molar-refractivity contribution in [3.8, 4) is 0 Å². The first-order valence-electron chi connectivity index (χ1n) is 9.92. The standard InChI is InChI=1S/C19H28N6O4/c1-13-14(2)25-15-16(20-18(25)23(13)9-10-28-4)21(3)19(27)24(17(15)26)6-5-22-7-11-29-12-8-22/h5-12H2,1-4H3. The molecule has 0 spiro atoms. The van der Waals surface area contributed by atoms with Gasteiger partial charge >= 0.3 is 5.69 Å². The van der Waals surface area contributed by atoms with Gasteiger partial charge in [-0.05, 0) is 13.8 Å². The van der Waals surface area contributed by atoms with E-state index in [4.69, 9.17) is 9.47 Å². The molecule has 4 heterocycles. The smallest absolute Gasteiger partial charge is 0.332 e. The fourth-order valence-electron chi connectivity index (χ4n) is 4.03. The molecule has 1 aliphatic rings. The summed E-state index contributed by atoms with van der Waals surface area (Å²) in [6, 6.07) is 0. The highest BCUT2D eigenvalue weighted by molar-refractivity contribution is 5.76. The van der Waals surface area contributed by atoms with Gasteiger partial charge in [0.2, 0.25) is 5.78 Å². The lowest BCUT2D eigenvalue weighted by Gasteiger charge is -2.26. The molecule has 29 heavy (non-hydrogen) atoms. The second kappa shape index (κ2) is 7.77. The van der Waals surface area contributed by atoms with Crippen molar-refractivity contribution in [3.63, 3.8) is 0 Å². The van der Waals surface area contributed by atoms with Gasteiger partial charge in [-0.1, -0.05) is 0 Å². The Morgan fingerprint density at radius 2 is 1.76 bits per heavy atom. The Balaban J connectivity index is 1.85. The van der Waals surface area contributed by atoms with Crippen LogP contribution >= 0.6 is 0 Å². The van der Waals surface area contributed by atoms with E-state index in [1.54, 1.807) is 14.2 Å². The number of fused-ring (bicyclic) bond motifs is 3. The zero-order valence-electron chi connectivity index (χ0n) is 17.5. The predicted octanol–water partition coefficient (Wildman–Crippen LogP) is -0.255. The first kappa shape index (κ1) is 19.9. The molecule has 10 heteroatoms. The van der Waals surface area contributed by atoms with E-state index in [0.717, 1.165) is 24.5 Å². The summed E-state index contributed by atoms with van der Waals surface area (Å²) in [5, 5.41) is 0. The molecule has 0 aliphatic carbocycles. The van der Waals surface area contributed by atoms with E-state index in [0.29, 0.717) is 56.4 Å². The number of hydrogen-bond acceptors (Lipinski definition) is 6. The van der Waals surface area contributed by atoms with Crippen molar-refractivity contribution < 1.29 is 9.47 Å². The van der Waals surface area contributed by atoms with E-state index in [9.17, 15) is 9.59 Å². The first-order valence-corrected chi connectivity index (χ1v) is 9.92. The Bertz CT molecular complexity index is 1160. The lowest BCUT2D eigenvalue weighted by atomic mass is 10.3. The van der Waals surface area contributed by atoms with Crippen LogP contribution in [-0.2, 0) is 29.6 Å². The third-order valence-corrected chi connectivity index (χ3v) is 5.89. The fourth-order valence-corrected chi connectivity index (χ4v) is 4.03. The number of aryl methyl sites for hydroxylation is 2. The summed E-state index contributed by atoms with van der Waals surface area (Å²) < 4.78 is 17.3. The lowest BCUT2D eigenvalue weighted by molar-refractivity contribution is 0.0361. The van der Waals surface area contributed by atoms with Gasteiger partial charge in [-0.3, -0.25) is 23.2 Å². The molecule has 1 saturated heterocycles. The van der Waals surface area contributed by atoms with Crippen molar-refractivity contribution in [2.24, 2.45) is 7.05 Å². The topological polar surface area (TPSA) is 87.9 Å². The Labute approximate surface area is 167 Å². The molecule has 0 aromatic carbocycles. The van der Waals surface area contributed by atoms with E-state index in [1.807, 2.05) is 22.8 Å². The van der Waals surface area contributed by atoms with Crippen LogP contribution in [0.2, 0.25) is 0 Å². The van der Waals surface area contributed by atoms with Crippen molar-refractivity contribution >= 4 is 16.9 Å². The number of ether oxygens (including phenoxy) is 2. The van der Waals surface area contributed by atoms with Crippen molar-refractivity contribution in [2.45, 2.75) is 26.9 Å². The minimum atomic E-state index is -0.339. The zero-order chi connectivity index (χ0) is 20.7. The minimum absolute atomic E-state index is 0.296. The number of methoxy groups -OCH3 is 1. The highest BCUT2D eigenvalue weighted by Crippen LogP contribution is 2.20. The van der Waals surface area contributed by atoms with Crippen LogP contribution in [0.4, 0.5) is 0 Å². The van der Waals surface area contributed by atoms with Crippen molar-refractivity contribution in [1.29, 1.82) is 0 Å². The van der Waals surface area contributed by atoms with Crippen LogP contribution in [0.3, 0.4) is 0 Å². The number of morpholine rings is 1. The molecule has 0 saturated carbocycles. The fraction of sp³-hybridized carbons (Fsp3) is 0.632. The summed E-state index contributed by atoms with van der Waals surface area (Å²) in [5.41, 5.74) is 2.19. The van der Waals surface area contributed by atoms with Crippen LogP contribution in [0.25, 0.3) is 16.9 Å². The van der Waals surface area contributed by atoms with Crippen LogP contribution < -0.4 is 11.2 Å². The number of aromatic nitrogens is 5. The number of rotatable bonds is 6. The Kier molecular flexibility index (Phi) is 5.32. The average molecular weight is 404 g/mol. The quantitative estimate of drug-likeness (QED) is 0.563. The molecule has 4 rings (SSSR count). The van der Waals surface area contributed by atoms with Crippen LogP contribution in [0.1, 0.15) is 11.4 Å². The molecule has 0 atom stereocenters. The monoisotopic (exact) mass is 404 g/mol. The molecule has 0 unspecified atom stereocenters. The number of nitrogens with zero attached hydrogens (tertiary/aromatic N) is 6.